The molecule has 1 aromatic rings. The number of fused-ring (bicyclic) bond motifs is 2. The molecular weight excluding hydrogens is 337 g/mol. The first-order valence-corrected chi connectivity index (χ1v) is 7.96. The van der Waals surface area contributed by atoms with Crippen molar-refractivity contribution in [3.8, 4) is 0 Å². The van der Waals surface area contributed by atoms with Crippen molar-refractivity contribution in [2.24, 2.45) is 17.6 Å². The highest BCUT2D eigenvalue weighted by atomic mass is 35.5. The van der Waals surface area contributed by atoms with Gasteiger partial charge in [-0.15, -0.1) is 12.4 Å². The average molecular weight is 358 g/mol. The van der Waals surface area contributed by atoms with Crippen LogP contribution in [0.15, 0.2) is 18.2 Å². The molecule has 132 valence electrons. The summed E-state index contributed by atoms with van der Waals surface area (Å²) in [5.41, 5.74) is 5.55. The van der Waals surface area contributed by atoms with Crippen LogP contribution in [0.5, 0.6) is 0 Å². The number of nitro benzene ring substituents is 1. The fraction of sp³-hybridized carbons (Fsp3) is 0.562. The lowest BCUT2D eigenvalue weighted by atomic mass is 9.67. The van der Waals surface area contributed by atoms with Gasteiger partial charge in [-0.25, -0.2) is 4.39 Å². The topological polar surface area (TPSA) is 98.3 Å². The number of carbonyl (C=O) groups is 1. The van der Waals surface area contributed by atoms with Gasteiger partial charge in [-0.05, 0) is 43.6 Å². The lowest BCUT2D eigenvalue weighted by Crippen LogP contribution is -2.53. The summed E-state index contributed by atoms with van der Waals surface area (Å²) >= 11 is 0. The zero-order chi connectivity index (χ0) is 16.6. The smallest absolute Gasteiger partial charge is 0.272 e. The first kappa shape index (κ1) is 18.6. The van der Waals surface area contributed by atoms with Crippen LogP contribution in [-0.4, -0.2) is 22.9 Å². The van der Waals surface area contributed by atoms with Gasteiger partial charge >= 0.3 is 0 Å². The Morgan fingerprint density at radius 2 is 1.92 bits per heavy atom. The Morgan fingerprint density at radius 3 is 2.46 bits per heavy atom. The zero-order valence-corrected chi connectivity index (χ0v) is 13.9. The molecule has 2 bridgehead atoms. The largest absolute Gasteiger partial charge is 0.349 e. The first-order valence-electron chi connectivity index (χ1n) is 7.96. The Hall–Kier alpha value is -1.73. The molecule has 24 heavy (non-hydrogen) atoms. The fourth-order valence-corrected chi connectivity index (χ4v) is 4.06. The van der Waals surface area contributed by atoms with Gasteiger partial charge in [0.15, 0.2) is 0 Å². The Labute approximate surface area is 145 Å². The van der Waals surface area contributed by atoms with E-state index in [1.54, 1.807) is 0 Å². The van der Waals surface area contributed by atoms with Crippen LogP contribution in [-0.2, 0) is 0 Å². The number of hydrogen-bond acceptors (Lipinski definition) is 4. The molecule has 0 saturated heterocycles. The van der Waals surface area contributed by atoms with E-state index in [0.717, 1.165) is 44.2 Å². The van der Waals surface area contributed by atoms with E-state index < -0.39 is 16.6 Å². The van der Waals surface area contributed by atoms with Crippen LogP contribution in [0, 0.1) is 27.8 Å². The molecule has 0 spiro atoms. The SMILES string of the molecule is Cl.NC1CC2CCCC(C1)C2NC(=O)c1ccc([N+](=O)[O-])cc1F. The average Bonchev–Trinajstić information content (AvgIpc) is 2.47. The second-order valence-electron chi connectivity index (χ2n) is 6.60. The Balaban J connectivity index is 0.00000208. The van der Waals surface area contributed by atoms with Crippen LogP contribution < -0.4 is 11.1 Å². The minimum atomic E-state index is -0.866. The fourth-order valence-electron chi connectivity index (χ4n) is 4.06. The van der Waals surface area contributed by atoms with E-state index in [4.69, 9.17) is 5.73 Å². The van der Waals surface area contributed by atoms with E-state index in [-0.39, 0.29) is 35.7 Å². The van der Waals surface area contributed by atoms with Crippen LogP contribution in [0.4, 0.5) is 10.1 Å². The maximum atomic E-state index is 14.0. The van der Waals surface area contributed by atoms with Crippen LogP contribution in [0.3, 0.4) is 0 Å². The number of rotatable bonds is 3. The van der Waals surface area contributed by atoms with Gasteiger partial charge < -0.3 is 11.1 Å². The summed E-state index contributed by atoms with van der Waals surface area (Å²) in [6.07, 6.45) is 4.95. The number of halogens is 2. The number of amides is 1. The van der Waals surface area contributed by atoms with Gasteiger partial charge in [0, 0.05) is 18.2 Å². The minimum absolute atomic E-state index is 0. The number of nitrogens with two attached hydrogens (primary N) is 1. The highest BCUT2D eigenvalue weighted by Crippen LogP contribution is 2.39. The monoisotopic (exact) mass is 357 g/mol. The van der Waals surface area contributed by atoms with Crippen molar-refractivity contribution < 1.29 is 14.1 Å². The third kappa shape index (κ3) is 3.67. The zero-order valence-electron chi connectivity index (χ0n) is 13.1. The Kier molecular flexibility index (Phi) is 5.77. The van der Waals surface area contributed by atoms with Crippen LogP contribution >= 0.6 is 12.4 Å². The number of nitrogens with zero attached hydrogens (tertiary/aromatic N) is 1. The van der Waals surface area contributed by atoms with Crippen molar-refractivity contribution in [1.82, 2.24) is 5.32 Å². The number of hydrogen-bond donors (Lipinski definition) is 2. The van der Waals surface area contributed by atoms with E-state index in [1.807, 2.05) is 0 Å². The second kappa shape index (κ2) is 7.44. The molecule has 2 saturated carbocycles. The molecular formula is C16H21ClFN3O3. The molecule has 8 heteroatoms. The van der Waals surface area contributed by atoms with Gasteiger partial charge in [0.2, 0.25) is 0 Å². The van der Waals surface area contributed by atoms with Gasteiger partial charge in [0.05, 0.1) is 16.6 Å². The van der Waals surface area contributed by atoms with Crippen molar-refractivity contribution in [2.45, 2.75) is 44.2 Å². The summed E-state index contributed by atoms with van der Waals surface area (Å²) in [5, 5.41) is 13.6. The van der Waals surface area contributed by atoms with Crippen LogP contribution in [0.25, 0.3) is 0 Å². The molecule has 2 aliphatic rings. The molecule has 2 fully saturated rings. The molecule has 0 heterocycles. The van der Waals surface area contributed by atoms with Crippen molar-refractivity contribution >= 4 is 24.0 Å². The van der Waals surface area contributed by atoms with Gasteiger partial charge in [-0.3, -0.25) is 14.9 Å². The molecule has 3 rings (SSSR count). The molecule has 6 nitrogen and oxygen atoms in total. The number of non-ortho nitro benzene ring substituents is 1. The van der Waals surface area contributed by atoms with E-state index in [1.165, 1.54) is 6.07 Å². The normalized spacial score (nSPS) is 28.6. The standard InChI is InChI=1S/C16H20FN3O3.ClH/c17-14-8-12(20(22)23)4-5-13(14)16(21)19-15-9-2-1-3-10(15)7-11(18)6-9;/h4-5,8-11,15H,1-3,6-7,18H2,(H,19,21);1H. The third-order valence-electron chi connectivity index (χ3n) is 5.08. The summed E-state index contributed by atoms with van der Waals surface area (Å²) < 4.78 is 14.0. The number of nitro groups is 1. The lowest BCUT2D eigenvalue weighted by Gasteiger charge is -2.45. The molecule has 0 aliphatic heterocycles. The molecule has 1 aromatic carbocycles. The van der Waals surface area contributed by atoms with Gasteiger partial charge in [-0.1, -0.05) is 6.42 Å². The molecule has 2 unspecified atom stereocenters. The maximum Gasteiger partial charge on any atom is 0.272 e. The quantitative estimate of drug-likeness (QED) is 0.641. The highest BCUT2D eigenvalue weighted by Gasteiger charge is 2.40. The van der Waals surface area contributed by atoms with Crippen LogP contribution in [0.1, 0.15) is 42.5 Å². The predicted octanol–water partition coefficient (Wildman–Crippen LogP) is 2.79. The van der Waals surface area contributed by atoms with Crippen molar-refractivity contribution in [2.75, 3.05) is 0 Å². The summed E-state index contributed by atoms with van der Waals surface area (Å²) in [5.74, 6) is -0.700. The maximum absolute atomic E-state index is 14.0. The van der Waals surface area contributed by atoms with E-state index in [0.29, 0.717) is 11.8 Å². The van der Waals surface area contributed by atoms with Gasteiger partial charge in [0.1, 0.15) is 5.82 Å². The van der Waals surface area contributed by atoms with Gasteiger partial charge in [0.25, 0.3) is 11.6 Å². The summed E-state index contributed by atoms with van der Waals surface area (Å²) in [6, 6.07) is 3.30. The Morgan fingerprint density at radius 1 is 1.29 bits per heavy atom. The first-order chi connectivity index (χ1) is 11.0. The predicted molar refractivity (Wildman–Crippen MR) is 89.6 cm³/mol. The molecule has 0 radical (unpaired) electrons. The molecule has 0 aromatic heterocycles. The lowest BCUT2D eigenvalue weighted by molar-refractivity contribution is -0.385. The third-order valence-corrected chi connectivity index (χ3v) is 5.08. The molecule has 2 atom stereocenters. The number of nitrogens with one attached hydrogen (secondary N) is 1. The highest BCUT2D eigenvalue weighted by molar-refractivity contribution is 5.95. The van der Waals surface area contributed by atoms with Crippen molar-refractivity contribution in [3.63, 3.8) is 0 Å². The Bertz CT molecular complexity index is 629. The minimum Gasteiger partial charge on any atom is -0.349 e. The summed E-state index contributed by atoms with van der Waals surface area (Å²) in [6.45, 7) is 0. The van der Waals surface area contributed by atoms with E-state index in [2.05, 4.69) is 5.32 Å². The molecule has 3 N–H and O–H groups in total. The second-order valence-corrected chi connectivity index (χ2v) is 6.60. The van der Waals surface area contributed by atoms with E-state index >= 15 is 0 Å². The number of benzene rings is 1. The number of carbonyl (C=O) groups excluding carboxylic acids is 1. The van der Waals surface area contributed by atoms with Gasteiger partial charge in [-0.2, -0.15) is 0 Å². The molecule has 2 aliphatic carbocycles. The van der Waals surface area contributed by atoms with Crippen LogP contribution in [0.2, 0.25) is 0 Å². The van der Waals surface area contributed by atoms with E-state index in [9.17, 15) is 19.3 Å². The van der Waals surface area contributed by atoms with Crippen molar-refractivity contribution in [3.05, 3.63) is 39.7 Å². The van der Waals surface area contributed by atoms with Crippen molar-refractivity contribution in [1.29, 1.82) is 0 Å². The summed E-state index contributed by atoms with van der Waals surface area (Å²) in [7, 11) is 0. The molecule has 1 amide bonds. The summed E-state index contributed by atoms with van der Waals surface area (Å²) in [4.78, 5) is 22.3.